The first-order valence-electron chi connectivity index (χ1n) is 7.62. The largest absolute Gasteiger partial charge is 0.446 e. The van der Waals surface area contributed by atoms with E-state index >= 15 is 0 Å². The van der Waals surface area contributed by atoms with E-state index in [0.29, 0.717) is 11.3 Å². The number of thioether (sulfide) groups is 1. The summed E-state index contributed by atoms with van der Waals surface area (Å²) in [5.41, 5.74) is 6.51. The number of para-hydroxylation sites is 1. The van der Waals surface area contributed by atoms with Gasteiger partial charge in [-0.3, -0.25) is 19.3 Å². The van der Waals surface area contributed by atoms with Gasteiger partial charge in [-0.25, -0.2) is 0 Å². The number of hydrogen-bond acceptors (Lipinski definition) is 5. The summed E-state index contributed by atoms with van der Waals surface area (Å²) < 4.78 is 5.25. The lowest BCUT2D eigenvalue weighted by atomic mass is 10.1. The predicted molar refractivity (Wildman–Crippen MR) is 94.0 cm³/mol. The fourth-order valence-electron chi connectivity index (χ4n) is 2.54. The highest BCUT2D eigenvalue weighted by molar-refractivity contribution is 8.00. The highest BCUT2D eigenvalue weighted by Gasteiger charge is 2.29. The molecule has 0 bridgehead atoms. The number of rotatable bonds is 5. The molecule has 2 amide bonds. The maximum absolute atomic E-state index is 12.3. The minimum Gasteiger partial charge on any atom is -0.446 e. The molecule has 0 fully saturated rings. The zero-order valence-corrected chi connectivity index (χ0v) is 14.1. The summed E-state index contributed by atoms with van der Waals surface area (Å²) >= 11 is 1.43. The summed E-state index contributed by atoms with van der Waals surface area (Å²) in [6.07, 6.45) is -1.18. The maximum Gasteiger partial charge on any atom is 0.327 e. The molecular weight excluding hydrogens is 340 g/mol. The molecule has 0 aromatic heterocycles. The number of fused-ring (bicyclic) bond motifs is 1. The molecule has 25 heavy (non-hydrogen) atoms. The van der Waals surface area contributed by atoms with Crippen LogP contribution in [0.3, 0.4) is 0 Å². The third-order valence-corrected chi connectivity index (χ3v) is 4.75. The van der Waals surface area contributed by atoms with E-state index in [1.807, 2.05) is 12.1 Å². The number of carbonyl (C=O) groups is 3. The number of nitrogens with zero attached hydrogens (tertiary/aromatic N) is 1. The minimum absolute atomic E-state index is 0.184. The number of hydrogen-bond donors (Lipinski definition) is 1. The highest BCUT2D eigenvalue weighted by atomic mass is 32.2. The van der Waals surface area contributed by atoms with Crippen LogP contribution < -0.4 is 10.6 Å². The normalized spacial score (nSPS) is 14.6. The Hall–Kier alpha value is -2.80. The Bertz CT molecular complexity index is 810. The van der Waals surface area contributed by atoms with Crippen molar-refractivity contribution < 1.29 is 19.1 Å². The van der Waals surface area contributed by atoms with E-state index in [0.717, 1.165) is 4.90 Å². The van der Waals surface area contributed by atoms with Crippen LogP contribution in [-0.4, -0.2) is 30.1 Å². The predicted octanol–water partition coefficient (Wildman–Crippen LogP) is 1.90. The van der Waals surface area contributed by atoms with Crippen LogP contribution in [0.2, 0.25) is 0 Å². The van der Waals surface area contributed by atoms with Gasteiger partial charge < -0.3 is 10.5 Å². The molecule has 0 aliphatic carbocycles. The number of nitrogens with two attached hydrogens (primary N) is 1. The first-order chi connectivity index (χ1) is 12.1. The second kappa shape index (κ2) is 7.40. The van der Waals surface area contributed by atoms with Crippen molar-refractivity contribution >= 4 is 35.2 Å². The number of carbonyl (C=O) groups excluding carboxylic acids is 3. The van der Waals surface area contributed by atoms with Crippen LogP contribution in [0.1, 0.15) is 11.7 Å². The summed E-state index contributed by atoms with van der Waals surface area (Å²) in [6, 6.07) is 15.9. The average Bonchev–Trinajstić information content (AvgIpc) is 2.62. The molecule has 1 atom stereocenters. The number of benzene rings is 2. The van der Waals surface area contributed by atoms with Gasteiger partial charge in [-0.15, -0.1) is 11.8 Å². The number of primary amides is 1. The first-order valence-corrected chi connectivity index (χ1v) is 8.61. The fraction of sp³-hybridized carbons (Fsp3) is 0.167. The van der Waals surface area contributed by atoms with E-state index in [-0.39, 0.29) is 18.2 Å². The molecule has 6 nitrogen and oxygen atoms in total. The smallest absolute Gasteiger partial charge is 0.327 e. The molecular formula is C18H16N2O4S. The lowest BCUT2D eigenvalue weighted by Crippen LogP contribution is -2.40. The van der Waals surface area contributed by atoms with E-state index in [2.05, 4.69) is 0 Å². The Morgan fingerprint density at radius 2 is 1.80 bits per heavy atom. The van der Waals surface area contributed by atoms with Gasteiger partial charge >= 0.3 is 5.97 Å². The van der Waals surface area contributed by atoms with Gasteiger partial charge in [0.15, 0.2) is 0 Å². The number of esters is 1. The molecule has 7 heteroatoms. The summed E-state index contributed by atoms with van der Waals surface area (Å²) in [7, 11) is 0. The van der Waals surface area contributed by atoms with Crippen molar-refractivity contribution in [1.29, 1.82) is 0 Å². The van der Waals surface area contributed by atoms with Crippen molar-refractivity contribution in [2.45, 2.75) is 11.0 Å². The van der Waals surface area contributed by atoms with Crippen molar-refractivity contribution in [3.63, 3.8) is 0 Å². The van der Waals surface area contributed by atoms with Gasteiger partial charge in [-0.1, -0.05) is 42.5 Å². The van der Waals surface area contributed by atoms with Crippen LogP contribution in [0, 0.1) is 0 Å². The molecule has 0 saturated carbocycles. The lowest BCUT2D eigenvalue weighted by Gasteiger charge is -2.28. The van der Waals surface area contributed by atoms with E-state index in [9.17, 15) is 14.4 Å². The molecule has 1 aliphatic heterocycles. The molecule has 1 heterocycles. The van der Waals surface area contributed by atoms with Crippen LogP contribution in [0.25, 0.3) is 0 Å². The minimum atomic E-state index is -1.18. The molecule has 2 aromatic carbocycles. The molecule has 128 valence electrons. The zero-order chi connectivity index (χ0) is 17.8. The zero-order valence-electron chi connectivity index (χ0n) is 13.3. The number of anilines is 1. The quantitative estimate of drug-likeness (QED) is 0.827. The fourth-order valence-corrected chi connectivity index (χ4v) is 3.48. The lowest BCUT2D eigenvalue weighted by molar-refractivity contribution is -0.154. The Labute approximate surface area is 148 Å². The molecule has 0 unspecified atom stereocenters. The van der Waals surface area contributed by atoms with Crippen LogP contribution >= 0.6 is 11.8 Å². The average molecular weight is 356 g/mol. The van der Waals surface area contributed by atoms with E-state index in [1.54, 1.807) is 42.5 Å². The van der Waals surface area contributed by atoms with Gasteiger partial charge in [0.25, 0.3) is 5.91 Å². The van der Waals surface area contributed by atoms with Crippen LogP contribution in [0.5, 0.6) is 0 Å². The van der Waals surface area contributed by atoms with E-state index < -0.39 is 18.0 Å². The Balaban J connectivity index is 1.76. The van der Waals surface area contributed by atoms with Crippen molar-refractivity contribution in [3.05, 3.63) is 60.2 Å². The van der Waals surface area contributed by atoms with Gasteiger partial charge in [-0.2, -0.15) is 0 Å². The third-order valence-electron chi connectivity index (χ3n) is 3.71. The van der Waals surface area contributed by atoms with Crippen molar-refractivity contribution in [1.82, 2.24) is 0 Å². The summed E-state index contributed by atoms with van der Waals surface area (Å²) in [6.45, 7) is -0.271. The maximum atomic E-state index is 12.3. The van der Waals surface area contributed by atoms with Gasteiger partial charge in [0, 0.05) is 10.5 Å². The van der Waals surface area contributed by atoms with Crippen molar-refractivity contribution in [2.75, 3.05) is 17.2 Å². The van der Waals surface area contributed by atoms with Crippen LogP contribution in [0.4, 0.5) is 5.69 Å². The number of ether oxygens (including phenoxy) is 1. The van der Waals surface area contributed by atoms with E-state index in [1.165, 1.54) is 16.7 Å². The topological polar surface area (TPSA) is 89.7 Å². The van der Waals surface area contributed by atoms with E-state index in [4.69, 9.17) is 10.5 Å². The van der Waals surface area contributed by atoms with Gasteiger partial charge in [0.05, 0.1) is 11.4 Å². The molecule has 1 aliphatic rings. The van der Waals surface area contributed by atoms with Crippen molar-refractivity contribution in [2.24, 2.45) is 5.73 Å². The monoisotopic (exact) mass is 356 g/mol. The summed E-state index contributed by atoms with van der Waals surface area (Å²) in [5.74, 6) is -1.39. The second-order valence-electron chi connectivity index (χ2n) is 5.42. The van der Waals surface area contributed by atoms with Crippen LogP contribution in [-0.2, 0) is 19.1 Å². The SMILES string of the molecule is NC(=O)[C@H](OC(=O)CN1C(=O)CSc2ccccc21)c1ccccc1. The Morgan fingerprint density at radius 3 is 2.52 bits per heavy atom. The number of amides is 2. The highest BCUT2D eigenvalue weighted by Crippen LogP contribution is 2.34. The molecule has 3 rings (SSSR count). The van der Waals surface area contributed by atoms with Crippen molar-refractivity contribution in [3.8, 4) is 0 Å². The van der Waals surface area contributed by atoms with Crippen LogP contribution in [0.15, 0.2) is 59.5 Å². The Morgan fingerprint density at radius 1 is 1.12 bits per heavy atom. The summed E-state index contributed by atoms with van der Waals surface area (Å²) in [5, 5.41) is 0. The molecule has 2 aromatic rings. The second-order valence-corrected chi connectivity index (χ2v) is 6.44. The first kappa shape index (κ1) is 17.0. The molecule has 0 saturated heterocycles. The molecule has 2 N–H and O–H groups in total. The molecule has 0 radical (unpaired) electrons. The van der Waals surface area contributed by atoms with Gasteiger partial charge in [-0.05, 0) is 12.1 Å². The molecule has 0 spiro atoms. The Kier molecular flexibility index (Phi) is 5.04. The standard InChI is InChI=1S/C18H16N2O4S/c19-18(23)17(12-6-2-1-3-7-12)24-16(22)10-20-13-8-4-5-9-14(13)25-11-15(20)21/h1-9,17H,10-11H2,(H2,19,23)/t17-/m1/s1. The summed E-state index contributed by atoms with van der Waals surface area (Å²) in [4.78, 5) is 38.5. The van der Waals surface area contributed by atoms with Gasteiger partial charge in [0.1, 0.15) is 6.54 Å². The third kappa shape index (κ3) is 3.83. The van der Waals surface area contributed by atoms with Gasteiger partial charge in [0.2, 0.25) is 12.0 Å².